The van der Waals surface area contributed by atoms with Gasteiger partial charge < -0.3 is 14.6 Å². The fourth-order valence-corrected chi connectivity index (χ4v) is 4.07. The number of aromatic nitrogens is 3. The Hall–Kier alpha value is -2.39. The van der Waals surface area contributed by atoms with Gasteiger partial charge in [0.15, 0.2) is 28.7 Å². The average Bonchev–Trinajstić information content (AvgIpc) is 3.14. The van der Waals surface area contributed by atoms with Gasteiger partial charge in [0.05, 0.1) is 11.4 Å². The van der Waals surface area contributed by atoms with Crippen molar-refractivity contribution in [3.8, 4) is 5.75 Å². The van der Waals surface area contributed by atoms with Crippen LogP contribution in [0.25, 0.3) is 0 Å². The SMILES string of the molecule is CC(Oc1ccccc1F)c1nnc(SCC(=O)Nc2ccccc2Br)n1C(C)C. The fraction of sp³-hybridized carbons (Fsp3) is 0.286. The van der Waals surface area contributed by atoms with Gasteiger partial charge in [0.1, 0.15) is 0 Å². The lowest BCUT2D eigenvalue weighted by atomic mass is 10.3. The second-order valence-corrected chi connectivity index (χ2v) is 8.61. The number of para-hydroxylation sites is 2. The van der Waals surface area contributed by atoms with Crippen LogP contribution >= 0.6 is 27.7 Å². The highest BCUT2D eigenvalue weighted by Gasteiger charge is 2.23. The van der Waals surface area contributed by atoms with Gasteiger partial charge in [-0.1, -0.05) is 36.0 Å². The first-order chi connectivity index (χ1) is 14.4. The number of carbonyl (C=O) groups excluding carboxylic acids is 1. The van der Waals surface area contributed by atoms with E-state index >= 15 is 0 Å². The maximum absolute atomic E-state index is 13.9. The summed E-state index contributed by atoms with van der Waals surface area (Å²) < 4.78 is 22.4. The molecule has 0 saturated carbocycles. The second kappa shape index (κ2) is 10.1. The molecule has 3 rings (SSSR count). The summed E-state index contributed by atoms with van der Waals surface area (Å²) in [4.78, 5) is 12.4. The minimum Gasteiger partial charge on any atom is -0.480 e. The molecule has 0 radical (unpaired) electrons. The zero-order valence-corrected chi connectivity index (χ0v) is 19.2. The number of hydrogen-bond donors (Lipinski definition) is 1. The smallest absolute Gasteiger partial charge is 0.234 e. The van der Waals surface area contributed by atoms with Crippen LogP contribution in [0.15, 0.2) is 58.2 Å². The molecule has 3 aromatic rings. The number of amides is 1. The zero-order valence-electron chi connectivity index (χ0n) is 16.8. The van der Waals surface area contributed by atoms with Crippen LogP contribution in [-0.2, 0) is 4.79 Å². The van der Waals surface area contributed by atoms with Gasteiger partial charge in [-0.3, -0.25) is 4.79 Å². The van der Waals surface area contributed by atoms with E-state index in [1.807, 2.05) is 42.7 Å². The number of halogens is 2. The molecule has 1 unspecified atom stereocenters. The molecule has 1 heterocycles. The van der Waals surface area contributed by atoms with Gasteiger partial charge in [0, 0.05) is 10.5 Å². The molecule has 0 bridgehead atoms. The maximum Gasteiger partial charge on any atom is 0.234 e. The predicted octanol–water partition coefficient (Wildman–Crippen LogP) is 5.63. The van der Waals surface area contributed by atoms with Crippen LogP contribution in [0.5, 0.6) is 5.75 Å². The van der Waals surface area contributed by atoms with E-state index in [0.717, 1.165) is 4.47 Å². The minimum atomic E-state index is -0.514. The molecule has 1 amide bonds. The van der Waals surface area contributed by atoms with Crippen molar-refractivity contribution in [2.24, 2.45) is 0 Å². The average molecular weight is 493 g/mol. The second-order valence-electron chi connectivity index (χ2n) is 6.81. The lowest BCUT2D eigenvalue weighted by Crippen LogP contribution is -2.17. The summed E-state index contributed by atoms with van der Waals surface area (Å²) in [6.45, 7) is 5.78. The van der Waals surface area contributed by atoms with E-state index in [1.165, 1.54) is 17.8 Å². The first kappa shape index (κ1) is 22.3. The van der Waals surface area contributed by atoms with Gasteiger partial charge in [-0.25, -0.2) is 4.39 Å². The van der Waals surface area contributed by atoms with Gasteiger partial charge in [0.2, 0.25) is 5.91 Å². The van der Waals surface area contributed by atoms with Gasteiger partial charge in [-0.2, -0.15) is 0 Å². The molecule has 0 spiro atoms. The number of benzene rings is 2. The maximum atomic E-state index is 13.9. The molecule has 0 aliphatic heterocycles. The molecule has 1 N–H and O–H groups in total. The van der Waals surface area contributed by atoms with Gasteiger partial charge >= 0.3 is 0 Å². The molecule has 1 aromatic heterocycles. The van der Waals surface area contributed by atoms with E-state index in [0.29, 0.717) is 16.7 Å². The lowest BCUT2D eigenvalue weighted by molar-refractivity contribution is -0.113. The first-order valence-electron chi connectivity index (χ1n) is 9.40. The molecule has 9 heteroatoms. The molecule has 158 valence electrons. The third-order valence-electron chi connectivity index (χ3n) is 4.19. The summed E-state index contributed by atoms with van der Waals surface area (Å²) in [5.41, 5.74) is 0.709. The fourth-order valence-electron chi connectivity index (χ4n) is 2.81. The van der Waals surface area contributed by atoms with Gasteiger partial charge in [-0.15, -0.1) is 10.2 Å². The summed E-state index contributed by atoms with van der Waals surface area (Å²) in [6, 6.07) is 13.7. The van der Waals surface area contributed by atoms with Crippen molar-refractivity contribution < 1.29 is 13.9 Å². The normalized spacial score (nSPS) is 12.1. The van der Waals surface area contributed by atoms with Crippen molar-refractivity contribution in [3.63, 3.8) is 0 Å². The molecule has 1 atom stereocenters. The molecular formula is C21H22BrFN4O2S. The van der Waals surface area contributed by atoms with Crippen LogP contribution in [0.1, 0.15) is 38.7 Å². The Balaban J connectivity index is 1.70. The predicted molar refractivity (Wildman–Crippen MR) is 119 cm³/mol. The van der Waals surface area contributed by atoms with Gasteiger partial charge in [0.25, 0.3) is 0 Å². The Morgan fingerprint density at radius 3 is 2.57 bits per heavy atom. The summed E-state index contributed by atoms with van der Waals surface area (Å²) in [5, 5.41) is 11.9. The molecule has 0 aliphatic rings. The van der Waals surface area contributed by atoms with Crippen molar-refractivity contribution in [3.05, 3.63) is 64.6 Å². The van der Waals surface area contributed by atoms with Crippen molar-refractivity contribution >= 4 is 39.3 Å². The van der Waals surface area contributed by atoms with Crippen molar-refractivity contribution in [2.75, 3.05) is 11.1 Å². The van der Waals surface area contributed by atoms with E-state index in [-0.39, 0.29) is 23.5 Å². The van der Waals surface area contributed by atoms with Crippen LogP contribution in [0.3, 0.4) is 0 Å². The summed E-state index contributed by atoms with van der Waals surface area (Å²) in [7, 11) is 0. The topological polar surface area (TPSA) is 69.0 Å². The standard InChI is InChI=1S/C21H22BrFN4O2S/c1-13(2)27-20(14(3)29-18-11-7-5-9-16(18)23)25-26-21(27)30-12-19(28)24-17-10-6-4-8-15(17)22/h4-11,13-14H,12H2,1-3H3,(H,24,28). The number of rotatable bonds is 8. The summed E-state index contributed by atoms with van der Waals surface area (Å²) in [5.74, 6) is 0.322. The Morgan fingerprint density at radius 1 is 1.17 bits per heavy atom. The van der Waals surface area contributed by atoms with Gasteiger partial charge in [-0.05, 0) is 61.0 Å². The Kier molecular flexibility index (Phi) is 7.49. The van der Waals surface area contributed by atoms with E-state index < -0.39 is 11.9 Å². The molecule has 30 heavy (non-hydrogen) atoms. The number of carbonyl (C=O) groups is 1. The molecule has 2 aromatic carbocycles. The van der Waals surface area contributed by atoms with E-state index in [2.05, 4.69) is 31.4 Å². The summed E-state index contributed by atoms with van der Waals surface area (Å²) in [6.07, 6.45) is -0.514. The van der Waals surface area contributed by atoms with Crippen LogP contribution in [-0.4, -0.2) is 26.4 Å². The van der Waals surface area contributed by atoms with Crippen LogP contribution in [0, 0.1) is 5.82 Å². The zero-order chi connectivity index (χ0) is 21.7. The Morgan fingerprint density at radius 2 is 1.87 bits per heavy atom. The molecule has 6 nitrogen and oxygen atoms in total. The quantitative estimate of drug-likeness (QED) is 0.412. The summed E-state index contributed by atoms with van der Waals surface area (Å²) >= 11 is 4.70. The van der Waals surface area contributed by atoms with Crippen molar-refractivity contribution in [1.82, 2.24) is 14.8 Å². The highest BCUT2D eigenvalue weighted by molar-refractivity contribution is 9.10. The number of thioether (sulfide) groups is 1. The first-order valence-corrected chi connectivity index (χ1v) is 11.2. The lowest BCUT2D eigenvalue weighted by Gasteiger charge is -2.19. The number of nitrogens with zero attached hydrogens (tertiary/aromatic N) is 3. The van der Waals surface area contributed by atoms with E-state index in [1.54, 1.807) is 25.1 Å². The monoisotopic (exact) mass is 492 g/mol. The Labute approximate surface area is 187 Å². The molecule has 0 saturated heterocycles. The highest BCUT2D eigenvalue weighted by Crippen LogP contribution is 2.29. The third kappa shape index (κ3) is 5.40. The molecule has 0 fully saturated rings. The van der Waals surface area contributed by atoms with Crippen molar-refractivity contribution in [1.29, 1.82) is 0 Å². The number of hydrogen-bond acceptors (Lipinski definition) is 5. The van der Waals surface area contributed by atoms with E-state index in [9.17, 15) is 9.18 Å². The van der Waals surface area contributed by atoms with Crippen molar-refractivity contribution in [2.45, 2.75) is 38.1 Å². The minimum absolute atomic E-state index is 0.0375. The van der Waals surface area contributed by atoms with Crippen LogP contribution in [0.4, 0.5) is 10.1 Å². The molecule has 0 aliphatic carbocycles. The highest BCUT2D eigenvalue weighted by atomic mass is 79.9. The number of nitrogens with one attached hydrogen (secondary N) is 1. The number of anilines is 1. The molecular weight excluding hydrogens is 471 g/mol. The third-order valence-corrected chi connectivity index (χ3v) is 5.83. The largest absolute Gasteiger partial charge is 0.480 e. The van der Waals surface area contributed by atoms with Crippen LogP contribution < -0.4 is 10.1 Å². The number of ether oxygens (including phenoxy) is 1. The van der Waals surface area contributed by atoms with Crippen LogP contribution in [0.2, 0.25) is 0 Å². The van der Waals surface area contributed by atoms with E-state index in [4.69, 9.17) is 4.74 Å². The Bertz CT molecular complexity index is 1030.